The van der Waals surface area contributed by atoms with Gasteiger partial charge in [-0.2, -0.15) is 0 Å². The summed E-state index contributed by atoms with van der Waals surface area (Å²) in [6.45, 7) is 5.06. The number of ether oxygens (including phenoxy) is 1. The van der Waals surface area contributed by atoms with Gasteiger partial charge >= 0.3 is 0 Å². The minimum atomic E-state index is 0.0462. The zero-order chi connectivity index (χ0) is 19.2. The molecule has 1 aliphatic rings. The van der Waals surface area contributed by atoms with Gasteiger partial charge in [0.2, 0.25) is 11.1 Å². The topological polar surface area (TPSA) is 81.9 Å². The molecule has 1 amide bonds. The van der Waals surface area contributed by atoms with Crippen LogP contribution in [0.5, 0.6) is 5.75 Å². The third-order valence-electron chi connectivity index (χ3n) is 5.38. The van der Waals surface area contributed by atoms with Gasteiger partial charge < -0.3 is 10.1 Å². The molecule has 1 aliphatic carbocycles. The molecule has 3 atom stereocenters. The molecule has 3 unspecified atom stereocenters. The molecule has 0 bridgehead atoms. The number of carbonyl (C=O) groups excluding carboxylic acids is 1. The summed E-state index contributed by atoms with van der Waals surface area (Å²) < 4.78 is 6.89. The van der Waals surface area contributed by atoms with Crippen LogP contribution in [0, 0.1) is 11.8 Å². The van der Waals surface area contributed by atoms with Crippen LogP contribution in [-0.2, 0) is 11.3 Å². The van der Waals surface area contributed by atoms with E-state index in [1.54, 1.807) is 11.8 Å². The number of aromatic nitrogens is 4. The van der Waals surface area contributed by atoms with E-state index in [1.807, 2.05) is 24.3 Å². The molecular formula is C19H27N5O2S. The van der Waals surface area contributed by atoms with Crippen molar-refractivity contribution in [3.63, 3.8) is 0 Å². The Kier molecular flexibility index (Phi) is 6.71. The highest BCUT2D eigenvalue weighted by Crippen LogP contribution is 2.29. The number of amides is 1. The van der Waals surface area contributed by atoms with Gasteiger partial charge in [-0.15, -0.1) is 5.10 Å². The highest BCUT2D eigenvalue weighted by atomic mass is 32.2. The number of carbonyl (C=O) groups is 1. The van der Waals surface area contributed by atoms with E-state index in [1.165, 1.54) is 24.6 Å². The van der Waals surface area contributed by atoms with E-state index in [0.717, 1.165) is 17.7 Å². The lowest BCUT2D eigenvalue weighted by Gasteiger charge is -2.34. The van der Waals surface area contributed by atoms with Crippen molar-refractivity contribution in [1.82, 2.24) is 25.5 Å². The van der Waals surface area contributed by atoms with Crippen molar-refractivity contribution in [2.75, 3.05) is 12.9 Å². The Balaban J connectivity index is 1.52. The lowest BCUT2D eigenvalue weighted by molar-refractivity contribution is -0.120. The van der Waals surface area contributed by atoms with Gasteiger partial charge in [0, 0.05) is 6.04 Å². The summed E-state index contributed by atoms with van der Waals surface area (Å²) in [6, 6.07) is 8.05. The SMILES string of the molecule is COc1ccc(Cn2nnnc2SCC(=O)NC2CCCC(C)C2C)cc1. The largest absolute Gasteiger partial charge is 0.497 e. The zero-order valence-corrected chi connectivity index (χ0v) is 16.9. The van der Waals surface area contributed by atoms with Gasteiger partial charge in [0.05, 0.1) is 19.4 Å². The van der Waals surface area contributed by atoms with Gasteiger partial charge in [-0.1, -0.05) is 50.6 Å². The van der Waals surface area contributed by atoms with Gasteiger partial charge in [-0.3, -0.25) is 4.79 Å². The van der Waals surface area contributed by atoms with Gasteiger partial charge in [-0.25, -0.2) is 4.68 Å². The molecule has 1 fully saturated rings. The predicted molar refractivity (Wildman–Crippen MR) is 105 cm³/mol. The van der Waals surface area contributed by atoms with Crippen LogP contribution < -0.4 is 10.1 Å². The standard InChI is InChI=1S/C19H27N5O2S/c1-13-5-4-6-17(14(13)2)20-18(25)12-27-19-21-22-23-24(19)11-15-7-9-16(26-3)10-8-15/h7-10,13-14,17H,4-6,11-12H2,1-3H3,(H,20,25). The number of hydrogen-bond donors (Lipinski definition) is 1. The van der Waals surface area contributed by atoms with E-state index in [9.17, 15) is 4.79 Å². The average molecular weight is 390 g/mol. The van der Waals surface area contributed by atoms with Crippen molar-refractivity contribution >= 4 is 17.7 Å². The second-order valence-corrected chi connectivity index (χ2v) is 8.14. The van der Waals surface area contributed by atoms with Crippen LogP contribution in [0.3, 0.4) is 0 Å². The van der Waals surface area contributed by atoms with E-state index in [4.69, 9.17) is 4.74 Å². The van der Waals surface area contributed by atoms with Crippen LogP contribution in [0.1, 0.15) is 38.7 Å². The molecule has 1 N–H and O–H groups in total. The van der Waals surface area contributed by atoms with E-state index in [0.29, 0.717) is 29.3 Å². The summed E-state index contributed by atoms with van der Waals surface area (Å²) in [7, 11) is 1.64. The van der Waals surface area contributed by atoms with Crippen molar-refractivity contribution in [3.8, 4) is 5.75 Å². The van der Waals surface area contributed by atoms with Crippen LogP contribution in [0.4, 0.5) is 0 Å². The number of tetrazole rings is 1. The summed E-state index contributed by atoms with van der Waals surface area (Å²) in [6.07, 6.45) is 3.50. The van der Waals surface area contributed by atoms with Crippen LogP contribution in [-0.4, -0.2) is 45.0 Å². The number of nitrogens with one attached hydrogen (secondary N) is 1. The maximum atomic E-state index is 12.4. The second kappa shape index (κ2) is 9.21. The van der Waals surface area contributed by atoms with Crippen LogP contribution in [0.2, 0.25) is 0 Å². The molecule has 0 spiro atoms. The number of methoxy groups -OCH3 is 1. The first-order chi connectivity index (χ1) is 13.1. The van der Waals surface area contributed by atoms with Gasteiger partial charge in [0.1, 0.15) is 5.75 Å². The lowest BCUT2D eigenvalue weighted by atomic mass is 9.78. The Labute approximate surface area is 164 Å². The summed E-state index contributed by atoms with van der Waals surface area (Å²) in [5, 5.41) is 15.7. The first-order valence-corrected chi connectivity index (χ1v) is 10.4. The van der Waals surface area contributed by atoms with Crippen molar-refractivity contribution in [2.24, 2.45) is 11.8 Å². The van der Waals surface area contributed by atoms with Crippen molar-refractivity contribution in [3.05, 3.63) is 29.8 Å². The van der Waals surface area contributed by atoms with Crippen LogP contribution >= 0.6 is 11.8 Å². The second-order valence-electron chi connectivity index (χ2n) is 7.20. The minimum absolute atomic E-state index is 0.0462. The third kappa shape index (κ3) is 5.22. The van der Waals surface area contributed by atoms with Crippen molar-refractivity contribution < 1.29 is 9.53 Å². The molecule has 3 rings (SSSR count). The maximum Gasteiger partial charge on any atom is 0.230 e. The Bertz CT molecular complexity index is 749. The molecule has 1 aromatic carbocycles. The zero-order valence-electron chi connectivity index (χ0n) is 16.1. The Morgan fingerprint density at radius 3 is 2.81 bits per heavy atom. The number of nitrogens with zero attached hydrogens (tertiary/aromatic N) is 4. The number of benzene rings is 1. The fourth-order valence-corrected chi connectivity index (χ4v) is 4.16. The monoisotopic (exact) mass is 389 g/mol. The van der Waals surface area contributed by atoms with Gasteiger partial charge in [0.25, 0.3) is 0 Å². The van der Waals surface area contributed by atoms with Gasteiger partial charge in [-0.05, 0) is 46.4 Å². The fourth-order valence-electron chi connectivity index (χ4n) is 3.47. The fraction of sp³-hybridized carbons (Fsp3) is 0.579. The molecule has 1 heterocycles. The highest BCUT2D eigenvalue weighted by Gasteiger charge is 2.28. The minimum Gasteiger partial charge on any atom is -0.497 e. The summed E-state index contributed by atoms with van der Waals surface area (Å²) in [5.74, 6) is 2.36. The molecule has 2 aromatic rings. The lowest BCUT2D eigenvalue weighted by Crippen LogP contribution is -2.44. The highest BCUT2D eigenvalue weighted by molar-refractivity contribution is 7.99. The normalized spacial score (nSPS) is 22.4. The first-order valence-electron chi connectivity index (χ1n) is 9.38. The van der Waals surface area contributed by atoms with E-state index < -0.39 is 0 Å². The molecule has 7 nitrogen and oxygen atoms in total. The number of hydrogen-bond acceptors (Lipinski definition) is 6. The predicted octanol–water partition coefficient (Wildman–Crippen LogP) is 2.76. The molecule has 0 aliphatic heterocycles. The molecule has 8 heteroatoms. The molecule has 27 heavy (non-hydrogen) atoms. The Morgan fingerprint density at radius 1 is 1.30 bits per heavy atom. The molecule has 1 saturated carbocycles. The molecular weight excluding hydrogens is 362 g/mol. The smallest absolute Gasteiger partial charge is 0.230 e. The number of thioether (sulfide) groups is 1. The Morgan fingerprint density at radius 2 is 2.07 bits per heavy atom. The van der Waals surface area contributed by atoms with E-state index in [-0.39, 0.29) is 11.9 Å². The van der Waals surface area contributed by atoms with Crippen LogP contribution in [0.15, 0.2) is 29.4 Å². The van der Waals surface area contributed by atoms with Gasteiger partial charge in [0.15, 0.2) is 0 Å². The maximum absolute atomic E-state index is 12.4. The molecule has 1 aromatic heterocycles. The molecule has 0 radical (unpaired) electrons. The summed E-state index contributed by atoms with van der Waals surface area (Å²) >= 11 is 1.37. The molecule has 146 valence electrons. The quantitative estimate of drug-likeness (QED) is 0.733. The Hall–Kier alpha value is -2.09. The number of rotatable bonds is 7. The first kappa shape index (κ1) is 19.7. The summed E-state index contributed by atoms with van der Waals surface area (Å²) in [5.41, 5.74) is 1.07. The van der Waals surface area contributed by atoms with E-state index in [2.05, 4.69) is 34.7 Å². The van der Waals surface area contributed by atoms with E-state index >= 15 is 0 Å². The van der Waals surface area contributed by atoms with Crippen molar-refractivity contribution in [1.29, 1.82) is 0 Å². The summed E-state index contributed by atoms with van der Waals surface area (Å²) in [4.78, 5) is 12.4. The van der Waals surface area contributed by atoms with Crippen molar-refractivity contribution in [2.45, 2.75) is 50.9 Å². The third-order valence-corrected chi connectivity index (χ3v) is 6.33. The van der Waals surface area contributed by atoms with Crippen LogP contribution in [0.25, 0.3) is 0 Å². The average Bonchev–Trinajstić information content (AvgIpc) is 3.11. The molecule has 0 saturated heterocycles.